The van der Waals surface area contributed by atoms with Gasteiger partial charge in [0.25, 0.3) is 5.91 Å². The summed E-state index contributed by atoms with van der Waals surface area (Å²) in [5.41, 5.74) is 2.60. The van der Waals surface area contributed by atoms with Crippen LogP contribution in [-0.2, 0) is 19.5 Å². The molecule has 3 aromatic rings. The summed E-state index contributed by atoms with van der Waals surface area (Å²) in [6.45, 7) is 5.73. The predicted molar refractivity (Wildman–Crippen MR) is 144 cm³/mol. The lowest BCUT2D eigenvalue weighted by molar-refractivity contribution is 0.0945. The monoisotopic (exact) mass is 526 g/mol. The maximum atomic E-state index is 13.4. The Kier molecular flexibility index (Phi) is 9.87. The molecule has 1 saturated heterocycles. The molecule has 0 bridgehead atoms. The predicted octanol–water partition coefficient (Wildman–Crippen LogP) is 4.37. The van der Waals surface area contributed by atoms with E-state index in [1.54, 1.807) is 26.4 Å². The summed E-state index contributed by atoms with van der Waals surface area (Å²) >= 11 is 1.49. The summed E-state index contributed by atoms with van der Waals surface area (Å²) in [5.74, 6) is 1.02. The topological polar surface area (TPSA) is 66.9 Å². The first-order valence-corrected chi connectivity index (χ1v) is 13.5. The summed E-state index contributed by atoms with van der Waals surface area (Å²) in [4.78, 5) is 21.9. The minimum Gasteiger partial charge on any atom is -0.493 e. The standard InChI is InChI=1S/C28H35FN4O3S/c1-35-25-10-7-21(17-26(25)36-2)11-15-33(18-22-5-8-23(29)9-6-22)19-27-31-24(20-37-27)28(34)30-12-16-32-13-3-4-14-32/h5-10,17,20H,3-4,11-16,18-19H2,1-2H3,(H,30,34). The van der Waals surface area contributed by atoms with Crippen molar-refractivity contribution in [2.24, 2.45) is 0 Å². The lowest BCUT2D eigenvalue weighted by Gasteiger charge is -2.22. The lowest BCUT2D eigenvalue weighted by Crippen LogP contribution is -2.33. The summed E-state index contributed by atoms with van der Waals surface area (Å²) in [6, 6.07) is 12.5. The zero-order valence-corrected chi connectivity index (χ0v) is 22.4. The first-order valence-electron chi connectivity index (χ1n) is 12.7. The molecule has 9 heteroatoms. The highest BCUT2D eigenvalue weighted by molar-refractivity contribution is 7.09. The Morgan fingerprint density at radius 2 is 1.78 bits per heavy atom. The van der Waals surface area contributed by atoms with Gasteiger partial charge in [0.1, 0.15) is 16.5 Å². The highest BCUT2D eigenvalue weighted by atomic mass is 32.1. The van der Waals surface area contributed by atoms with Crippen molar-refractivity contribution in [2.75, 3.05) is 46.9 Å². The zero-order valence-electron chi connectivity index (χ0n) is 21.5. The largest absolute Gasteiger partial charge is 0.493 e. The van der Waals surface area contributed by atoms with Crippen LogP contribution in [0.25, 0.3) is 0 Å². The van der Waals surface area contributed by atoms with Crippen LogP contribution in [0.2, 0.25) is 0 Å². The van der Waals surface area contributed by atoms with Crippen LogP contribution < -0.4 is 14.8 Å². The molecule has 0 saturated carbocycles. The number of carbonyl (C=O) groups is 1. The van der Waals surface area contributed by atoms with E-state index in [2.05, 4.69) is 20.1 Å². The number of nitrogens with zero attached hydrogens (tertiary/aromatic N) is 3. The Morgan fingerprint density at radius 3 is 2.51 bits per heavy atom. The second-order valence-corrected chi connectivity index (χ2v) is 10.2. The molecule has 1 aliphatic heterocycles. The highest BCUT2D eigenvalue weighted by Crippen LogP contribution is 2.28. The number of nitrogens with one attached hydrogen (secondary N) is 1. The summed E-state index contributed by atoms with van der Waals surface area (Å²) < 4.78 is 24.2. The molecular formula is C28H35FN4O3S. The molecule has 0 spiro atoms. The molecule has 2 aromatic carbocycles. The van der Waals surface area contributed by atoms with Gasteiger partial charge in [0.2, 0.25) is 0 Å². The Labute approximate surface area is 222 Å². The van der Waals surface area contributed by atoms with Gasteiger partial charge in [-0.2, -0.15) is 0 Å². The van der Waals surface area contributed by atoms with Gasteiger partial charge in [-0.15, -0.1) is 11.3 Å². The van der Waals surface area contributed by atoms with E-state index in [-0.39, 0.29) is 11.7 Å². The van der Waals surface area contributed by atoms with E-state index in [9.17, 15) is 9.18 Å². The fraction of sp³-hybridized carbons (Fsp3) is 0.429. The average molecular weight is 527 g/mol. The molecule has 1 aliphatic rings. The summed E-state index contributed by atoms with van der Waals surface area (Å²) in [5, 5.41) is 5.70. The van der Waals surface area contributed by atoms with E-state index in [1.807, 2.05) is 23.6 Å². The molecule has 2 heterocycles. The van der Waals surface area contributed by atoms with Gasteiger partial charge in [-0.05, 0) is 67.7 Å². The highest BCUT2D eigenvalue weighted by Gasteiger charge is 2.16. The number of thiazole rings is 1. The minimum atomic E-state index is -0.249. The third kappa shape index (κ3) is 7.99. The van der Waals surface area contributed by atoms with Crippen LogP contribution in [0.5, 0.6) is 11.5 Å². The number of ether oxygens (including phenoxy) is 2. The number of amides is 1. The van der Waals surface area contributed by atoms with E-state index in [1.165, 1.54) is 36.3 Å². The van der Waals surface area contributed by atoms with Crippen LogP contribution in [0.3, 0.4) is 0 Å². The van der Waals surface area contributed by atoms with E-state index in [0.717, 1.165) is 48.7 Å². The van der Waals surface area contributed by atoms with Gasteiger partial charge in [-0.25, -0.2) is 9.37 Å². The van der Waals surface area contributed by atoms with Crippen molar-refractivity contribution in [3.8, 4) is 11.5 Å². The van der Waals surface area contributed by atoms with Crippen molar-refractivity contribution < 1.29 is 18.7 Å². The molecule has 1 amide bonds. The summed E-state index contributed by atoms with van der Waals surface area (Å²) in [6.07, 6.45) is 3.27. The minimum absolute atomic E-state index is 0.128. The van der Waals surface area contributed by atoms with Gasteiger partial charge < -0.3 is 19.7 Å². The molecule has 7 nitrogen and oxygen atoms in total. The van der Waals surface area contributed by atoms with Crippen LogP contribution in [0, 0.1) is 5.82 Å². The molecule has 0 unspecified atom stereocenters. The fourth-order valence-electron chi connectivity index (χ4n) is 4.49. The Hall–Kier alpha value is -3.01. The zero-order chi connectivity index (χ0) is 26.0. The van der Waals surface area contributed by atoms with E-state index in [4.69, 9.17) is 9.47 Å². The SMILES string of the molecule is COc1ccc(CCN(Cc2ccc(F)cc2)Cc2nc(C(=O)NCCN3CCCC3)cs2)cc1OC. The average Bonchev–Trinajstić information content (AvgIpc) is 3.61. The number of halogens is 1. The molecule has 37 heavy (non-hydrogen) atoms. The van der Waals surface area contributed by atoms with Gasteiger partial charge in [0, 0.05) is 31.6 Å². The fourth-order valence-corrected chi connectivity index (χ4v) is 5.30. The normalized spacial score (nSPS) is 13.7. The van der Waals surface area contributed by atoms with Gasteiger partial charge >= 0.3 is 0 Å². The Balaban J connectivity index is 1.38. The first kappa shape index (κ1) is 27.0. The second kappa shape index (κ2) is 13.5. The van der Waals surface area contributed by atoms with Crippen molar-refractivity contribution in [1.82, 2.24) is 20.1 Å². The van der Waals surface area contributed by atoms with Crippen molar-refractivity contribution in [1.29, 1.82) is 0 Å². The molecule has 198 valence electrons. The van der Waals surface area contributed by atoms with Crippen LogP contribution in [0.1, 0.15) is 39.5 Å². The van der Waals surface area contributed by atoms with Gasteiger partial charge in [-0.1, -0.05) is 18.2 Å². The number of hydrogen-bond donors (Lipinski definition) is 1. The smallest absolute Gasteiger partial charge is 0.270 e. The van der Waals surface area contributed by atoms with Crippen molar-refractivity contribution >= 4 is 17.2 Å². The molecular weight excluding hydrogens is 491 g/mol. The molecule has 1 fully saturated rings. The number of aromatic nitrogens is 1. The van der Waals surface area contributed by atoms with Crippen LogP contribution in [0.4, 0.5) is 4.39 Å². The van der Waals surface area contributed by atoms with Crippen LogP contribution in [-0.4, -0.2) is 67.6 Å². The number of hydrogen-bond acceptors (Lipinski definition) is 7. The van der Waals surface area contributed by atoms with E-state index in [0.29, 0.717) is 36.8 Å². The molecule has 1 aromatic heterocycles. The third-order valence-corrected chi connectivity index (χ3v) is 7.37. The van der Waals surface area contributed by atoms with Crippen LogP contribution >= 0.6 is 11.3 Å². The third-order valence-electron chi connectivity index (χ3n) is 6.54. The van der Waals surface area contributed by atoms with Crippen molar-refractivity contribution in [3.05, 3.63) is 75.5 Å². The summed E-state index contributed by atoms with van der Waals surface area (Å²) in [7, 11) is 3.25. The second-order valence-electron chi connectivity index (χ2n) is 9.21. The van der Waals surface area contributed by atoms with Gasteiger partial charge in [0.15, 0.2) is 11.5 Å². The number of benzene rings is 2. The molecule has 0 radical (unpaired) electrons. The number of carbonyl (C=O) groups excluding carboxylic acids is 1. The van der Waals surface area contributed by atoms with Gasteiger partial charge in [0.05, 0.1) is 20.8 Å². The van der Waals surface area contributed by atoms with E-state index < -0.39 is 0 Å². The number of likely N-dealkylation sites (tertiary alicyclic amines) is 1. The molecule has 4 rings (SSSR count). The maximum absolute atomic E-state index is 13.4. The number of rotatable bonds is 13. The maximum Gasteiger partial charge on any atom is 0.270 e. The van der Waals surface area contributed by atoms with Crippen molar-refractivity contribution in [2.45, 2.75) is 32.4 Å². The first-order chi connectivity index (χ1) is 18.0. The quantitative estimate of drug-likeness (QED) is 0.357. The van der Waals surface area contributed by atoms with Gasteiger partial charge in [-0.3, -0.25) is 9.69 Å². The van der Waals surface area contributed by atoms with Crippen molar-refractivity contribution in [3.63, 3.8) is 0 Å². The molecule has 0 atom stereocenters. The Bertz CT molecular complexity index is 1150. The molecule has 1 N–H and O–H groups in total. The number of methoxy groups -OCH3 is 2. The van der Waals surface area contributed by atoms with Crippen LogP contribution in [0.15, 0.2) is 47.8 Å². The lowest BCUT2D eigenvalue weighted by atomic mass is 10.1. The Morgan fingerprint density at radius 1 is 1.05 bits per heavy atom. The van der Waals surface area contributed by atoms with E-state index >= 15 is 0 Å². The molecule has 0 aliphatic carbocycles.